The molecule has 0 aliphatic carbocycles. The van der Waals surface area contributed by atoms with Gasteiger partial charge in [0.15, 0.2) is 0 Å². The number of benzene rings is 1. The van der Waals surface area contributed by atoms with Crippen molar-refractivity contribution in [1.82, 2.24) is 15.0 Å². The van der Waals surface area contributed by atoms with E-state index in [1.54, 1.807) is 18.3 Å². The van der Waals surface area contributed by atoms with Crippen molar-refractivity contribution >= 4 is 11.4 Å². The van der Waals surface area contributed by atoms with E-state index in [1.165, 1.54) is 6.07 Å². The van der Waals surface area contributed by atoms with Gasteiger partial charge in [0.25, 0.3) is 5.69 Å². The second kappa shape index (κ2) is 6.74. The zero-order valence-corrected chi connectivity index (χ0v) is 12.7. The first-order valence-electron chi connectivity index (χ1n) is 7.64. The molecule has 1 aliphatic heterocycles. The minimum atomic E-state index is -0.363. The molecule has 122 valence electrons. The summed E-state index contributed by atoms with van der Waals surface area (Å²) >= 11 is 0. The first-order valence-corrected chi connectivity index (χ1v) is 7.64. The van der Waals surface area contributed by atoms with E-state index >= 15 is 0 Å². The molecule has 0 unspecified atom stereocenters. The minimum Gasteiger partial charge on any atom is -0.392 e. The van der Waals surface area contributed by atoms with Crippen LogP contribution >= 0.6 is 0 Å². The van der Waals surface area contributed by atoms with Gasteiger partial charge in [-0.15, -0.1) is 5.10 Å². The summed E-state index contributed by atoms with van der Waals surface area (Å²) in [5.74, 6) is 0.494. The van der Waals surface area contributed by atoms with Crippen LogP contribution in [-0.2, 0) is 13.2 Å². The molecule has 1 aromatic carbocycles. The van der Waals surface area contributed by atoms with Crippen molar-refractivity contribution < 1.29 is 10.0 Å². The highest BCUT2D eigenvalue weighted by Crippen LogP contribution is 2.32. The van der Waals surface area contributed by atoms with Gasteiger partial charge in [-0.3, -0.25) is 14.8 Å². The van der Waals surface area contributed by atoms with Crippen LogP contribution in [0.3, 0.4) is 0 Å². The fraction of sp³-hybridized carbons (Fsp3) is 0.467. The Kier molecular flexibility index (Phi) is 4.52. The predicted octanol–water partition coefficient (Wildman–Crippen LogP) is 1.60. The molecule has 8 nitrogen and oxygen atoms in total. The molecule has 23 heavy (non-hydrogen) atoms. The maximum Gasteiger partial charge on any atom is 0.292 e. The van der Waals surface area contributed by atoms with Gasteiger partial charge in [0.1, 0.15) is 5.69 Å². The lowest BCUT2D eigenvalue weighted by Gasteiger charge is -2.33. The Bertz CT molecular complexity index is 666. The van der Waals surface area contributed by atoms with Gasteiger partial charge < -0.3 is 10.0 Å². The van der Waals surface area contributed by atoms with Gasteiger partial charge in [0, 0.05) is 31.9 Å². The molecule has 1 saturated heterocycles. The second-order valence-corrected chi connectivity index (χ2v) is 5.79. The third kappa shape index (κ3) is 3.48. The topological polar surface area (TPSA) is 97.3 Å². The number of hydrogen-bond acceptors (Lipinski definition) is 6. The number of nitrogens with zero attached hydrogens (tertiary/aromatic N) is 5. The van der Waals surface area contributed by atoms with Gasteiger partial charge in [-0.05, 0) is 36.5 Å². The number of aromatic nitrogens is 3. The normalized spacial score (nSPS) is 15.8. The molecule has 0 atom stereocenters. The van der Waals surface area contributed by atoms with Crippen LogP contribution < -0.4 is 4.90 Å². The van der Waals surface area contributed by atoms with E-state index in [1.807, 2.05) is 15.8 Å². The molecule has 0 radical (unpaired) electrons. The highest BCUT2D eigenvalue weighted by atomic mass is 16.6. The quantitative estimate of drug-likeness (QED) is 0.664. The summed E-state index contributed by atoms with van der Waals surface area (Å²) in [6.45, 7) is 2.23. The molecule has 1 N–H and O–H groups in total. The molecule has 0 bridgehead atoms. The highest BCUT2D eigenvalue weighted by molar-refractivity contribution is 5.64. The largest absolute Gasteiger partial charge is 0.392 e. The molecule has 1 aromatic heterocycles. The highest BCUT2D eigenvalue weighted by Gasteiger charge is 2.25. The Morgan fingerprint density at radius 1 is 1.35 bits per heavy atom. The lowest BCUT2D eigenvalue weighted by atomic mass is 9.96. The summed E-state index contributed by atoms with van der Waals surface area (Å²) in [5, 5.41) is 28.3. The zero-order valence-electron chi connectivity index (χ0n) is 12.7. The lowest BCUT2D eigenvalue weighted by molar-refractivity contribution is -0.384. The Hall–Kier alpha value is -2.48. The van der Waals surface area contributed by atoms with E-state index in [-0.39, 0.29) is 17.2 Å². The Balaban J connectivity index is 1.70. The number of anilines is 1. The monoisotopic (exact) mass is 317 g/mol. The van der Waals surface area contributed by atoms with Crippen LogP contribution in [0.4, 0.5) is 11.4 Å². The third-order valence-corrected chi connectivity index (χ3v) is 4.29. The lowest BCUT2D eigenvalue weighted by Crippen LogP contribution is -2.35. The van der Waals surface area contributed by atoms with Gasteiger partial charge in [-0.25, -0.2) is 0 Å². The summed E-state index contributed by atoms with van der Waals surface area (Å²) in [7, 11) is 0. The molecule has 1 fully saturated rings. The molecule has 0 spiro atoms. The van der Waals surface area contributed by atoms with Gasteiger partial charge in [-0.1, -0.05) is 5.21 Å². The van der Waals surface area contributed by atoms with Crippen molar-refractivity contribution in [2.75, 3.05) is 18.0 Å². The van der Waals surface area contributed by atoms with E-state index in [0.717, 1.165) is 32.5 Å². The second-order valence-electron chi connectivity index (χ2n) is 5.79. The van der Waals surface area contributed by atoms with Gasteiger partial charge in [0.2, 0.25) is 0 Å². The summed E-state index contributed by atoms with van der Waals surface area (Å²) in [6.07, 6.45) is 5.40. The fourth-order valence-corrected chi connectivity index (χ4v) is 3.03. The summed E-state index contributed by atoms with van der Waals surface area (Å²) in [6, 6.07) is 4.79. The van der Waals surface area contributed by atoms with E-state index in [9.17, 15) is 15.2 Å². The fourth-order valence-electron chi connectivity index (χ4n) is 3.03. The van der Waals surface area contributed by atoms with Crippen molar-refractivity contribution in [2.45, 2.75) is 26.0 Å². The number of nitro benzene ring substituents is 1. The van der Waals surface area contributed by atoms with E-state index < -0.39 is 0 Å². The molecule has 3 rings (SSSR count). The van der Waals surface area contributed by atoms with Crippen LogP contribution in [0.1, 0.15) is 18.4 Å². The molecule has 2 aromatic rings. The summed E-state index contributed by atoms with van der Waals surface area (Å²) < 4.78 is 1.83. The maximum atomic E-state index is 11.2. The van der Waals surface area contributed by atoms with Gasteiger partial charge >= 0.3 is 0 Å². The number of nitro groups is 1. The number of hydrogen-bond donors (Lipinski definition) is 1. The Labute approximate surface area is 133 Å². The first-order chi connectivity index (χ1) is 11.2. The number of rotatable bonds is 5. The van der Waals surface area contributed by atoms with Crippen LogP contribution in [0.15, 0.2) is 30.6 Å². The van der Waals surface area contributed by atoms with E-state index in [0.29, 0.717) is 17.2 Å². The molecule has 8 heteroatoms. The van der Waals surface area contributed by atoms with Crippen molar-refractivity contribution in [3.05, 3.63) is 46.3 Å². The van der Waals surface area contributed by atoms with Crippen molar-refractivity contribution in [1.29, 1.82) is 0 Å². The van der Waals surface area contributed by atoms with Crippen LogP contribution in [-0.4, -0.2) is 38.1 Å². The van der Waals surface area contributed by atoms with Crippen LogP contribution in [0.5, 0.6) is 0 Å². The molecular weight excluding hydrogens is 298 g/mol. The van der Waals surface area contributed by atoms with Crippen LogP contribution in [0.25, 0.3) is 0 Å². The third-order valence-electron chi connectivity index (χ3n) is 4.29. The van der Waals surface area contributed by atoms with Crippen molar-refractivity contribution in [2.24, 2.45) is 5.92 Å². The summed E-state index contributed by atoms with van der Waals surface area (Å²) in [5.41, 5.74) is 1.38. The molecule has 0 saturated carbocycles. The smallest absolute Gasteiger partial charge is 0.292 e. The average Bonchev–Trinajstić information content (AvgIpc) is 3.08. The van der Waals surface area contributed by atoms with Gasteiger partial charge in [0.05, 0.1) is 17.7 Å². The molecule has 0 amide bonds. The van der Waals surface area contributed by atoms with Crippen molar-refractivity contribution in [3.63, 3.8) is 0 Å². The maximum absolute atomic E-state index is 11.2. The van der Waals surface area contributed by atoms with E-state index in [4.69, 9.17) is 0 Å². The van der Waals surface area contributed by atoms with Crippen molar-refractivity contribution in [3.8, 4) is 0 Å². The average molecular weight is 317 g/mol. The number of aliphatic hydroxyl groups is 1. The number of piperidine rings is 1. The zero-order chi connectivity index (χ0) is 16.2. The van der Waals surface area contributed by atoms with Gasteiger partial charge in [-0.2, -0.15) is 0 Å². The Morgan fingerprint density at radius 2 is 2.13 bits per heavy atom. The molecule has 2 heterocycles. The summed E-state index contributed by atoms with van der Waals surface area (Å²) in [4.78, 5) is 12.9. The standard InChI is InChI=1S/C15H19N5O3/c21-11-13-1-2-14(20(22)23)15(9-13)18-6-3-12(4-7-18)10-19-8-5-16-17-19/h1-2,5,8-9,12,21H,3-4,6-7,10-11H2. The molecular formula is C15H19N5O3. The predicted molar refractivity (Wildman–Crippen MR) is 84.0 cm³/mol. The number of aliphatic hydroxyl groups excluding tert-OH is 1. The van der Waals surface area contributed by atoms with Crippen LogP contribution in [0.2, 0.25) is 0 Å². The van der Waals surface area contributed by atoms with E-state index in [2.05, 4.69) is 10.3 Å². The van der Waals surface area contributed by atoms with Crippen LogP contribution in [0, 0.1) is 16.0 Å². The SMILES string of the molecule is O=[N+]([O-])c1ccc(CO)cc1N1CCC(Cn2ccnn2)CC1. The minimum absolute atomic E-state index is 0.0944. The Morgan fingerprint density at radius 3 is 2.74 bits per heavy atom. The molecule has 1 aliphatic rings. The first kappa shape index (κ1) is 15.4.